The van der Waals surface area contributed by atoms with Crippen LogP contribution in [0.1, 0.15) is 116 Å². The molecule has 28 N–H and O–H groups in total. The molecule has 610 valence electrons. The number of hydrogen-bond acceptors (Lipinski definition) is 22. The lowest BCUT2D eigenvalue weighted by atomic mass is 9.96. The van der Waals surface area contributed by atoms with E-state index in [1.807, 2.05) is 0 Å². The topological polar surface area (TPSA) is 618 Å². The predicted molar refractivity (Wildman–Crippen MR) is 407 cm³/mol. The van der Waals surface area contributed by atoms with Crippen molar-refractivity contribution in [3.05, 3.63) is 72.1 Å². The second kappa shape index (κ2) is 42.8. The highest BCUT2D eigenvalue weighted by Gasteiger charge is 2.46. The second-order valence-corrected chi connectivity index (χ2v) is 28.4. The molecule has 2 aromatic heterocycles. The van der Waals surface area contributed by atoms with Gasteiger partial charge in [0.25, 0.3) is 0 Å². The highest BCUT2D eigenvalue weighted by molar-refractivity contribution is 6.02. The van der Waals surface area contributed by atoms with E-state index in [1.165, 1.54) is 18.7 Å². The standard InChI is InChI=1S/C73H112N22O16/c1-5-38(2)58-70(108)88-52(24-30-79)65(103)83-47(17-10-25-74)62(100)85-49(21-27-76)63(101)86-51(23-29-78)66(104)89-54(35-43-33-41-13-6-8-15-45(41)82-43)67(105)87-50(22-28-77)64(102)84-48(20-26-75)61(99)81-39(3)60(98)91-55(37-96)72(110)95-32-12-19-57(95)73(111)94-31-11-18-56(94)69(107)93-59(40(4)97)71(109)90-53(68(106)92-58)34-42-36-80-46-16-9-7-14-44(42)46/h6-9,13-16,33,36,38-40,47-59,80,82,96-97H,5,10-12,17-32,34-35,37,74-79H2,1-4H3,(H,81,99)(H,83,103)(H,84,102)(H,85,100)(H,86,101)(H,87,105)(H,88,108)(H,89,104)(H,90,109)(H,91,98)(H,92,106)(H,93,107)/t38-,39-,40+,47-,48-,49+,50-,51-,52-,53-,54-,55-,56-,57+,58-,59-/m0/s1. The first-order valence-corrected chi connectivity index (χ1v) is 38.0. The molecule has 0 unspecified atom stereocenters. The van der Waals surface area contributed by atoms with E-state index in [1.54, 1.807) is 74.6 Å². The van der Waals surface area contributed by atoms with Crippen LogP contribution in [0.25, 0.3) is 21.8 Å². The first-order valence-electron chi connectivity index (χ1n) is 38.0. The highest BCUT2D eigenvalue weighted by atomic mass is 16.3. The van der Waals surface area contributed by atoms with Crippen LogP contribution in [0.15, 0.2) is 60.8 Å². The molecule has 3 aliphatic heterocycles. The summed E-state index contributed by atoms with van der Waals surface area (Å²) >= 11 is 0. The molecular formula is C73H112N22O16. The lowest BCUT2D eigenvalue weighted by Crippen LogP contribution is -2.63. The quantitative estimate of drug-likeness (QED) is 0.0369. The van der Waals surface area contributed by atoms with E-state index in [-0.39, 0.29) is 136 Å². The Kier molecular flexibility index (Phi) is 34.0. The first kappa shape index (κ1) is 88.0. The fraction of sp³-hybridized carbons (Fsp3) is 0.589. The van der Waals surface area contributed by atoms with Gasteiger partial charge in [-0.3, -0.25) is 67.1 Å². The third kappa shape index (κ3) is 23.9. The molecular weight excluding hydrogens is 1440 g/mol. The number of H-pyrrole nitrogens is 2. The Morgan fingerprint density at radius 3 is 1.36 bits per heavy atom. The molecule has 3 saturated heterocycles. The van der Waals surface area contributed by atoms with E-state index in [9.17, 15) is 77.3 Å². The lowest BCUT2D eigenvalue weighted by molar-refractivity contribution is -0.148. The Morgan fingerprint density at radius 1 is 0.441 bits per heavy atom. The summed E-state index contributed by atoms with van der Waals surface area (Å²) in [6.45, 7) is 3.97. The van der Waals surface area contributed by atoms with Crippen LogP contribution in [0.3, 0.4) is 0 Å². The maximum absolute atomic E-state index is 15.0. The van der Waals surface area contributed by atoms with E-state index in [4.69, 9.17) is 34.4 Å². The number of hydrogen-bond donors (Lipinski definition) is 22. The summed E-state index contributed by atoms with van der Waals surface area (Å²) in [5.74, 6) is -13.4. The maximum Gasteiger partial charge on any atom is 0.248 e. The van der Waals surface area contributed by atoms with E-state index in [2.05, 4.69) is 73.8 Å². The van der Waals surface area contributed by atoms with Gasteiger partial charge in [-0.05, 0) is 159 Å². The van der Waals surface area contributed by atoms with Gasteiger partial charge in [0.05, 0.1) is 12.7 Å². The number of benzene rings is 2. The first-order chi connectivity index (χ1) is 53.1. The number of para-hydroxylation sites is 2. The van der Waals surface area contributed by atoms with Gasteiger partial charge in [0, 0.05) is 54.2 Å². The summed E-state index contributed by atoms with van der Waals surface area (Å²) in [4.78, 5) is 212. The van der Waals surface area contributed by atoms with Crippen molar-refractivity contribution >= 4 is 105 Å². The van der Waals surface area contributed by atoms with Gasteiger partial charge in [0.2, 0.25) is 82.7 Å². The minimum absolute atomic E-state index is 0.0147. The Balaban J connectivity index is 1.23. The normalized spacial score (nSPS) is 27.1. The number of rotatable bonds is 21. The molecule has 5 heterocycles. The zero-order chi connectivity index (χ0) is 81.2. The summed E-state index contributed by atoms with van der Waals surface area (Å²) in [7, 11) is 0. The van der Waals surface area contributed by atoms with Crippen LogP contribution >= 0.6 is 0 Å². The van der Waals surface area contributed by atoms with Gasteiger partial charge in [-0.25, -0.2) is 0 Å². The van der Waals surface area contributed by atoms with Crippen LogP contribution in [0, 0.1) is 5.92 Å². The fourth-order valence-electron chi connectivity index (χ4n) is 13.8. The molecule has 0 spiro atoms. The van der Waals surface area contributed by atoms with Crippen molar-refractivity contribution in [1.82, 2.24) is 83.6 Å². The lowest BCUT2D eigenvalue weighted by Gasteiger charge is -2.33. The summed E-state index contributed by atoms with van der Waals surface area (Å²) in [6.07, 6.45) is -0.509. The van der Waals surface area contributed by atoms with Crippen LogP contribution < -0.4 is 98.2 Å². The zero-order valence-electron chi connectivity index (χ0n) is 63.2. The van der Waals surface area contributed by atoms with Gasteiger partial charge in [-0.15, -0.1) is 0 Å². The third-order valence-corrected chi connectivity index (χ3v) is 20.2. The van der Waals surface area contributed by atoms with Gasteiger partial charge >= 0.3 is 0 Å². The number of nitrogens with one attached hydrogen (secondary N) is 14. The molecule has 38 heteroatoms. The van der Waals surface area contributed by atoms with Crippen molar-refractivity contribution < 1.29 is 77.3 Å². The molecule has 0 bridgehead atoms. The maximum atomic E-state index is 15.0. The number of aromatic nitrogens is 2. The molecule has 7 rings (SSSR count). The Morgan fingerprint density at radius 2 is 0.856 bits per heavy atom. The van der Waals surface area contributed by atoms with E-state index < -0.39 is 186 Å². The number of fused-ring (bicyclic) bond motifs is 4. The van der Waals surface area contributed by atoms with Crippen molar-refractivity contribution in [2.75, 3.05) is 59.0 Å². The van der Waals surface area contributed by atoms with E-state index >= 15 is 0 Å². The number of carbonyl (C=O) groups is 14. The van der Waals surface area contributed by atoms with Crippen molar-refractivity contribution in [2.24, 2.45) is 40.3 Å². The summed E-state index contributed by atoms with van der Waals surface area (Å²) in [5, 5.41) is 54.7. The SMILES string of the molecule is CC[C@H](C)[C@@H]1NC(=O)[C@H](Cc2c[nH]c3ccccc23)NC(=O)[C@H]([C@@H](C)O)NC(=O)[C@@H]2CCCN2C(=O)[C@H]2CCCN2C(=O)[C@H](CO)NC(=O)[C@H](C)NC(=O)[C@H](CCN)NC(=O)[C@H](CCN)NC(=O)[C@H](Cc2cc3ccccc3[nH]2)NC(=O)[C@H](CCN)NC(=O)[C@@H](CCN)NC(=O)[C@H](CCCN)NC(=O)[C@H](CCN)NC1=O. The number of amides is 14. The van der Waals surface area contributed by atoms with Crippen LogP contribution in [-0.2, 0) is 80.0 Å². The van der Waals surface area contributed by atoms with Gasteiger partial charge in [0.1, 0.15) is 84.6 Å². The van der Waals surface area contributed by atoms with E-state index in [0.29, 0.717) is 34.1 Å². The van der Waals surface area contributed by atoms with Crippen molar-refractivity contribution in [1.29, 1.82) is 0 Å². The largest absolute Gasteiger partial charge is 0.394 e. The average Bonchev–Trinajstić information content (AvgIpc) is 1.59. The van der Waals surface area contributed by atoms with Gasteiger partial charge in [-0.1, -0.05) is 56.7 Å². The van der Waals surface area contributed by atoms with Crippen LogP contribution in [0.2, 0.25) is 0 Å². The predicted octanol–water partition coefficient (Wildman–Crippen LogP) is -6.83. The number of aliphatic hydroxyl groups is 2. The van der Waals surface area contributed by atoms with Crippen LogP contribution in [-0.4, -0.2) is 262 Å². The second-order valence-electron chi connectivity index (χ2n) is 28.4. The van der Waals surface area contributed by atoms with Crippen molar-refractivity contribution in [3.8, 4) is 0 Å². The van der Waals surface area contributed by atoms with E-state index in [0.717, 1.165) is 10.3 Å². The summed E-state index contributed by atoms with van der Waals surface area (Å²) in [5.41, 5.74) is 38.3. The number of nitrogens with zero attached hydrogens (tertiary/aromatic N) is 2. The Bertz CT molecular complexity index is 3880. The molecule has 14 amide bonds. The van der Waals surface area contributed by atoms with Gasteiger partial charge in [0.15, 0.2) is 0 Å². The molecule has 16 atom stereocenters. The van der Waals surface area contributed by atoms with Crippen molar-refractivity contribution in [2.45, 2.75) is 208 Å². The monoisotopic (exact) mass is 1550 g/mol. The van der Waals surface area contributed by atoms with Gasteiger partial charge in [-0.2, -0.15) is 0 Å². The molecule has 111 heavy (non-hydrogen) atoms. The smallest absolute Gasteiger partial charge is 0.248 e. The van der Waals surface area contributed by atoms with Crippen LogP contribution in [0.5, 0.6) is 0 Å². The molecule has 0 radical (unpaired) electrons. The number of nitrogens with two attached hydrogens (primary N) is 6. The molecule has 4 aromatic rings. The van der Waals surface area contributed by atoms with Crippen molar-refractivity contribution in [3.63, 3.8) is 0 Å². The summed E-state index contributed by atoms with van der Waals surface area (Å²) in [6, 6.07) is -4.73. The Hall–Kier alpha value is -10.2. The molecule has 3 fully saturated rings. The fourth-order valence-corrected chi connectivity index (χ4v) is 13.8. The van der Waals surface area contributed by atoms with Crippen LogP contribution in [0.4, 0.5) is 0 Å². The summed E-state index contributed by atoms with van der Waals surface area (Å²) < 4.78 is 0. The average molecular weight is 1550 g/mol. The molecule has 38 nitrogen and oxygen atoms in total. The molecule has 0 saturated carbocycles. The minimum Gasteiger partial charge on any atom is -0.394 e. The number of aliphatic hydroxyl groups excluding tert-OH is 2. The minimum atomic E-state index is -1.77. The molecule has 0 aliphatic carbocycles. The third-order valence-electron chi connectivity index (χ3n) is 20.2. The zero-order valence-corrected chi connectivity index (χ0v) is 63.2. The highest BCUT2D eigenvalue weighted by Crippen LogP contribution is 2.27. The molecule has 2 aromatic carbocycles. The number of aromatic amines is 2. The molecule has 3 aliphatic rings. The van der Waals surface area contributed by atoms with Gasteiger partial charge < -0.3 is 128 Å². The number of carbonyl (C=O) groups excluding carboxylic acids is 14. The Labute approximate surface area is 642 Å².